The fourth-order valence-corrected chi connectivity index (χ4v) is 3.94. The maximum Gasteiger partial charge on any atom is 0.234 e. The third-order valence-electron chi connectivity index (χ3n) is 4.58. The van der Waals surface area contributed by atoms with E-state index in [-0.39, 0.29) is 17.5 Å². The minimum Gasteiger partial charge on any atom is -0.322 e. The molecular weight excluding hydrogens is 401 g/mol. The minimum absolute atomic E-state index is 0.160. The van der Waals surface area contributed by atoms with Crippen LogP contribution in [0.5, 0.6) is 0 Å². The van der Waals surface area contributed by atoms with E-state index in [0.717, 1.165) is 17.1 Å². The minimum atomic E-state index is -0.323. The van der Waals surface area contributed by atoms with Crippen LogP contribution in [-0.2, 0) is 4.79 Å². The molecule has 0 atom stereocenters. The molecule has 152 valence electrons. The molecule has 4 aromatic rings. The number of nitrogens with one attached hydrogen (secondary N) is 1. The summed E-state index contributed by atoms with van der Waals surface area (Å²) in [6.45, 7) is 3.79. The Bertz CT molecular complexity index is 1190. The molecule has 0 radical (unpaired) electrons. The summed E-state index contributed by atoms with van der Waals surface area (Å²) in [7, 11) is 0. The molecule has 0 fully saturated rings. The first-order chi connectivity index (χ1) is 14.5. The molecule has 0 saturated carbocycles. The highest BCUT2D eigenvalue weighted by molar-refractivity contribution is 7.99. The number of nitrogens with zero attached hydrogens (tertiary/aromatic N) is 4. The van der Waals surface area contributed by atoms with E-state index in [1.807, 2.05) is 48.9 Å². The highest BCUT2D eigenvalue weighted by Crippen LogP contribution is 2.24. The number of para-hydroxylation sites is 1. The maximum absolute atomic E-state index is 13.5. The van der Waals surface area contributed by atoms with E-state index < -0.39 is 0 Å². The summed E-state index contributed by atoms with van der Waals surface area (Å²) in [4.78, 5) is 16.9. The first-order valence-electron chi connectivity index (χ1n) is 9.36. The maximum atomic E-state index is 13.5. The van der Waals surface area contributed by atoms with Crippen molar-refractivity contribution >= 4 is 23.4 Å². The molecule has 0 bridgehead atoms. The van der Waals surface area contributed by atoms with Gasteiger partial charge in [-0.1, -0.05) is 36.0 Å². The van der Waals surface area contributed by atoms with Crippen LogP contribution in [0.25, 0.3) is 11.4 Å². The summed E-state index contributed by atoms with van der Waals surface area (Å²) in [6.07, 6.45) is 3.37. The normalized spacial score (nSPS) is 10.9. The molecule has 2 aromatic heterocycles. The van der Waals surface area contributed by atoms with Gasteiger partial charge in [0.1, 0.15) is 5.82 Å². The van der Waals surface area contributed by atoms with Crippen molar-refractivity contribution in [3.63, 3.8) is 0 Å². The number of hydrogen-bond acceptors (Lipinski definition) is 4. The smallest absolute Gasteiger partial charge is 0.234 e. The molecule has 0 saturated heterocycles. The highest BCUT2D eigenvalue weighted by atomic mass is 32.2. The molecule has 4 rings (SSSR count). The van der Waals surface area contributed by atoms with E-state index in [1.165, 1.54) is 23.9 Å². The molecular formula is C22H20FN5OS. The van der Waals surface area contributed by atoms with Gasteiger partial charge < -0.3 is 5.32 Å². The van der Waals surface area contributed by atoms with Gasteiger partial charge in [0, 0.05) is 12.4 Å². The number of carbonyl (C=O) groups excluding carboxylic acids is 1. The SMILES string of the molecule is Cc1nn(-c2ccccc2)c(C)c1NC(=O)CSc1nccn1-c1cccc(F)c1. The van der Waals surface area contributed by atoms with Crippen LogP contribution in [0.4, 0.5) is 10.1 Å². The number of aromatic nitrogens is 4. The van der Waals surface area contributed by atoms with Gasteiger partial charge in [-0.15, -0.1) is 0 Å². The average Bonchev–Trinajstić information content (AvgIpc) is 3.33. The first kappa shape index (κ1) is 19.9. The lowest BCUT2D eigenvalue weighted by molar-refractivity contribution is -0.113. The van der Waals surface area contributed by atoms with E-state index in [2.05, 4.69) is 15.4 Å². The Kier molecular flexibility index (Phi) is 5.67. The molecule has 0 aliphatic carbocycles. The van der Waals surface area contributed by atoms with E-state index in [1.54, 1.807) is 29.1 Å². The molecule has 2 aromatic carbocycles. The van der Waals surface area contributed by atoms with E-state index in [0.29, 0.717) is 16.5 Å². The van der Waals surface area contributed by atoms with Crippen LogP contribution in [0.3, 0.4) is 0 Å². The van der Waals surface area contributed by atoms with E-state index in [9.17, 15) is 9.18 Å². The molecule has 30 heavy (non-hydrogen) atoms. The molecule has 2 heterocycles. The largest absolute Gasteiger partial charge is 0.322 e. The van der Waals surface area contributed by atoms with Gasteiger partial charge in [0.05, 0.1) is 34.2 Å². The summed E-state index contributed by atoms with van der Waals surface area (Å²) in [6, 6.07) is 16.0. The molecule has 8 heteroatoms. The van der Waals surface area contributed by atoms with Crippen molar-refractivity contribution in [2.75, 3.05) is 11.1 Å². The van der Waals surface area contributed by atoms with Crippen LogP contribution in [0.2, 0.25) is 0 Å². The lowest BCUT2D eigenvalue weighted by Gasteiger charge is -2.09. The number of halogens is 1. The Morgan fingerprint density at radius 3 is 2.63 bits per heavy atom. The number of aryl methyl sites for hydroxylation is 1. The van der Waals surface area contributed by atoms with Gasteiger partial charge >= 0.3 is 0 Å². The van der Waals surface area contributed by atoms with Crippen LogP contribution in [-0.4, -0.2) is 31.0 Å². The van der Waals surface area contributed by atoms with Gasteiger partial charge in [-0.3, -0.25) is 9.36 Å². The van der Waals surface area contributed by atoms with Crippen molar-refractivity contribution in [1.29, 1.82) is 0 Å². The van der Waals surface area contributed by atoms with Crippen molar-refractivity contribution in [2.24, 2.45) is 0 Å². The Morgan fingerprint density at radius 2 is 1.87 bits per heavy atom. The summed E-state index contributed by atoms with van der Waals surface area (Å²) in [5, 5.41) is 8.12. The van der Waals surface area contributed by atoms with Gasteiger partial charge in [-0.25, -0.2) is 14.1 Å². The van der Waals surface area contributed by atoms with Crippen molar-refractivity contribution < 1.29 is 9.18 Å². The monoisotopic (exact) mass is 421 g/mol. The zero-order valence-corrected chi connectivity index (χ0v) is 17.4. The average molecular weight is 422 g/mol. The summed E-state index contributed by atoms with van der Waals surface area (Å²) in [5.41, 5.74) is 3.91. The Labute approximate surface area is 177 Å². The van der Waals surface area contributed by atoms with Crippen LogP contribution in [0, 0.1) is 19.7 Å². The summed E-state index contributed by atoms with van der Waals surface area (Å²) < 4.78 is 17.1. The summed E-state index contributed by atoms with van der Waals surface area (Å²) >= 11 is 1.29. The predicted molar refractivity (Wildman–Crippen MR) is 116 cm³/mol. The number of thioether (sulfide) groups is 1. The number of imidazole rings is 1. The summed E-state index contributed by atoms with van der Waals surface area (Å²) in [5.74, 6) is -0.314. The van der Waals surface area contributed by atoms with Gasteiger partial charge in [0.25, 0.3) is 0 Å². The van der Waals surface area contributed by atoms with Crippen molar-refractivity contribution in [3.05, 3.63) is 84.2 Å². The van der Waals surface area contributed by atoms with Gasteiger partial charge in [-0.05, 0) is 44.2 Å². The molecule has 1 N–H and O–H groups in total. The van der Waals surface area contributed by atoms with Gasteiger partial charge in [0.2, 0.25) is 5.91 Å². The first-order valence-corrected chi connectivity index (χ1v) is 10.3. The number of rotatable bonds is 6. The van der Waals surface area contributed by atoms with Crippen molar-refractivity contribution in [3.8, 4) is 11.4 Å². The molecule has 0 unspecified atom stereocenters. The molecule has 6 nitrogen and oxygen atoms in total. The lowest BCUT2D eigenvalue weighted by Crippen LogP contribution is -2.15. The highest BCUT2D eigenvalue weighted by Gasteiger charge is 2.16. The fraction of sp³-hybridized carbons (Fsp3) is 0.136. The fourth-order valence-electron chi connectivity index (χ4n) is 3.17. The van der Waals surface area contributed by atoms with Crippen LogP contribution < -0.4 is 5.32 Å². The quantitative estimate of drug-likeness (QED) is 0.464. The number of hydrogen-bond donors (Lipinski definition) is 1. The Morgan fingerprint density at radius 1 is 1.10 bits per heavy atom. The molecule has 0 aliphatic rings. The van der Waals surface area contributed by atoms with Crippen molar-refractivity contribution in [1.82, 2.24) is 19.3 Å². The second kappa shape index (κ2) is 8.54. The van der Waals surface area contributed by atoms with Crippen molar-refractivity contribution in [2.45, 2.75) is 19.0 Å². The Balaban J connectivity index is 1.46. The zero-order chi connectivity index (χ0) is 21.1. The van der Waals surface area contributed by atoms with Crippen LogP contribution in [0.15, 0.2) is 72.1 Å². The second-order valence-electron chi connectivity index (χ2n) is 6.69. The standard InChI is InChI=1S/C22H20FN5OS/c1-15-21(16(2)28(26-15)18-8-4-3-5-9-18)25-20(29)14-30-22-24-11-12-27(22)19-10-6-7-17(23)13-19/h3-13H,14H2,1-2H3,(H,25,29). The van der Waals surface area contributed by atoms with Gasteiger partial charge in [0.15, 0.2) is 5.16 Å². The van der Waals surface area contributed by atoms with Gasteiger partial charge in [-0.2, -0.15) is 5.10 Å². The number of benzene rings is 2. The third kappa shape index (κ3) is 4.13. The zero-order valence-electron chi connectivity index (χ0n) is 16.5. The third-order valence-corrected chi connectivity index (χ3v) is 5.55. The van der Waals surface area contributed by atoms with E-state index in [4.69, 9.17) is 0 Å². The lowest BCUT2D eigenvalue weighted by atomic mass is 10.3. The topological polar surface area (TPSA) is 64.7 Å². The molecule has 1 amide bonds. The predicted octanol–water partition coefficient (Wildman–Crippen LogP) is 4.54. The number of amides is 1. The number of carbonyl (C=O) groups is 1. The molecule has 0 spiro atoms. The van der Waals surface area contributed by atoms with Crippen LogP contribution in [0.1, 0.15) is 11.4 Å². The second-order valence-corrected chi connectivity index (χ2v) is 7.63. The molecule has 0 aliphatic heterocycles. The Hall–Kier alpha value is -3.39. The number of anilines is 1. The van der Waals surface area contributed by atoms with Crippen LogP contribution >= 0.6 is 11.8 Å². The van der Waals surface area contributed by atoms with E-state index >= 15 is 0 Å².